The number of hydrogen-bond donors (Lipinski definition) is 5. The average Bonchev–Trinajstić information content (AvgIpc) is 2.43. The largest absolute Gasteiger partial charge is 0.465 e. The smallest absolute Gasteiger partial charge is 0.404 e. The molecule has 0 atom stereocenters. The lowest BCUT2D eigenvalue weighted by atomic mass is 9.91. The summed E-state index contributed by atoms with van der Waals surface area (Å²) >= 11 is 0. The number of carboxylic acid groups (broad SMARTS) is 1. The topological polar surface area (TPSA) is 116 Å². The van der Waals surface area contributed by atoms with Crippen LogP contribution in [0.15, 0.2) is 0 Å². The maximum atomic E-state index is 12.0. The van der Waals surface area contributed by atoms with E-state index in [1.54, 1.807) is 0 Å². The first-order valence-electron chi connectivity index (χ1n) is 7.85. The van der Waals surface area contributed by atoms with Crippen molar-refractivity contribution in [3.8, 4) is 0 Å². The number of carbonyl (C=O) groups is 2. The second kappa shape index (κ2) is 7.49. The zero-order chi connectivity index (χ0) is 15.2. The summed E-state index contributed by atoms with van der Waals surface area (Å²) in [4.78, 5) is 22.5. The van der Waals surface area contributed by atoms with E-state index in [1.807, 2.05) is 0 Å². The van der Waals surface area contributed by atoms with Crippen LogP contribution in [0.1, 0.15) is 51.4 Å². The highest BCUT2D eigenvalue weighted by Crippen LogP contribution is 2.19. The Kier molecular flexibility index (Phi) is 5.67. The van der Waals surface area contributed by atoms with Crippen molar-refractivity contribution in [1.29, 1.82) is 0 Å². The van der Waals surface area contributed by atoms with Crippen molar-refractivity contribution in [2.75, 3.05) is 0 Å². The lowest BCUT2D eigenvalue weighted by Crippen LogP contribution is -2.50. The molecule has 0 unspecified atom stereocenters. The first-order valence-corrected chi connectivity index (χ1v) is 7.85. The third-order valence-electron chi connectivity index (χ3n) is 4.50. The molecule has 0 aliphatic heterocycles. The van der Waals surface area contributed by atoms with Gasteiger partial charge >= 0.3 is 12.1 Å². The molecular formula is C14H26N4O3. The van der Waals surface area contributed by atoms with Gasteiger partial charge in [-0.25, -0.2) is 9.59 Å². The van der Waals surface area contributed by atoms with Crippen LogP contribution < -0.4 is 21.7 Å². The predicted molar refractivity (Wildman–Crippen MR) is 79.1 cm³/mol. The van der Waals surface area contributed by atoms with Gasteiger partial charge in [-0.2, -0.15) is 0 Å². The quantitative estimate of drug-likeness (QED) is 0.537. The van der Waals surface area contributed by atoms with Crippen molar-refractivity contribution < 1.29 is 14.7 Å². The van der Waals surface area contributed by atoms with E-state index in [9.17, 15) is 9.59 Å². The van der Waals surface area contributed by atoms with E-state index in [0.29, 0.717) is 0 Å². The van der Waals surface area contributed by atoms with E-state index < -0.39 is 6.09 Å². The molecule has 2 rings (SSSR count). The fraction of sp³-hybridized carbons (Fsp3) is 0.857. The van der Waals surface area contributed by atoms with E-state index in [1.165, 1.54) is 0 Å². The van der Waals surface area contributed by atoms with E-state index in [4.69, 9.17) is 10.8 Å². The number of nitrogens with one attached hydrogen (secondary N) is 3. The van der Waals surface area contributed by atoms with Crippen molar-refractivity contribution in [1.82, 2.24) is 16.0 Å². The Morgan fingerprint density at radius 3 is 1.57 bits per heavy atom. The summed E-state index contributed by atoms with van der Waals surface area (Å²) < 4.78 is 0. The second-order valence-electron chi connectivity index (χ2n) is 6.23. The Morgan fingerprint density at radius 1 is 0.762 bits per heavy atom. The lowest BCUT2D eigenvalue weighted by Gasteiger charge is -2.31. The molecule has 0 heterocycles. The highest BCUT2D eigenvalue weighted by molar-refractivity contribution is 5.74. The average molecular weight is 298 g/mol. The molecule has 7 heteroatoms. The summed E-state index contributed by atoms with van der Waals surface area (Å²) in [5.74, 6) is 0. The van der Waals surface area contributed by atoms with Gasteiger partial charge in [-0.1, -0.05) is 0 Å². The highest BCUT2D eigenvalue weighted by atomic mass is 16.4. The molecule has 0 saturated heterocycles. The van der Waals surface area contributed by atoms with Gasteiger partial charge in [0.05, 0.1) is 0 Å². The Labute approximate surface area is 125 Å². The molecular weight excluding hydrogens is 272 g/mol. The molecule has 2 aliphatic rings. The minimum absolute atomic E-state index is 0.0171. The molecule has 7 nitrogen and oxygen atoms in total. The van der Waals surface area contributed by atoms with Gasteiger partial charge in [-0.15, -0.1) is 0 Å². The second-order valence-corrected chi connectivity index (χ2v) is 6.23. The molecule has 0 aromatic carbocycles. The van der Waals surface area contributed by atoms with Crippen LogP contribution in [0.2, 0.25) is 0 Å². The number of amides is 3. The van der Waals surface area contributed by atoms with Crippen LogP contribution in [-0.2, 0) is 0 Å². The molecule has 2 fully saturated rings. The normalized spacial score (nSPS) is 33.0. The van der Waals surface area contributed by atoms with Gasteiger partial charge in [0.2, 0.25) is 0 Å². The molecule has 6 N–H and O–H groups in total. The Bertz CT molecular complexity index is 361. The zero-order valence-electron chi connectivity index (χ0n) is 12.3. The van der Waals surface area contributed by atoms with Crippen LogP contribution in [0.5, 0.6) is 0 Å². The van der Waals surface area contributed by atoms with Crippen LogP contribution in [0.25, 0.3) is 0 Å². The number of urea groups is 1. The van der Waals surface area contributed by atoms with E-state index in [2.05, 4.69) is 16.0 Å². The predicted octanol–water partition coefficient (Wildman–Crippen LogP) is 1.13. The molecule has 2 aliphatic carbocycles. The van der Waals surface area contributed by atoms with Crippen LogP contribution in [0.3, 0.4) is 0 Å². The molecule has 21 heavy (non-hydrogen) atoms. The Morgan fingerprint density at radius 2 is 1.14 bits per heavy atom. The Balaban J connectivity index is 1.64. The standard InChI is InChI=1S/C14H26N4O3/c15-9-1-3-10(4-2-9)16-13(19)17-11-5-7-12(8-6-11)18-14(20)21/h9-12,18H,1-8,15H2,(H,20,21)(H2,16,17,19). The van der Waals surface area contributed by atoms with Gasteiger partial charge in [0, 0.05) is 24.2 Å². The fourth-order valence-electron chi connectivity index (χ4n) is 3.23. The Hall–Kier alpha value is -1.50. The molecule has 0 bridgehead atoms. The van der Waals surface area contributed by atoms with Crippen molar-refractivity contribution >= 4 is 12.1 Å². The molecule has 2 saturated carbocycles. The summed E-state index contributed by atoms with van der Waals surface area (Å²) in [5.41, 5.74) is 5.85. The van der Waals surface area contributed by atoms with Crippen molar-refractivity contribution in [2.45, 2.75) is 75.5 Å². The first-order chi connectivity index (χ1) is 10.0. The van der Waals surface area contributed by atoms with Gasteiger partial charge < -0.3 is 26.8 Å². The van der Waals surface area contributed by atoms with Crippen molar-refractivity contribution in [3.63, 3.8) is 0 Å². The third-order valence-corrected chi connectivity index (χ3v) is 4.50. The molecule has 0 aromatic rings. The summed E-state index contributed by atoms with van der Waals surface area (Å²) in [7, 11) is 0. The molecule has 0 aromatic heterocycles. The monoisotopic (exact) mass is 298 g/mol. The molecule has 0 spiro atoms. The van der Waals surface area contributed by atoms with Crippen molar-refractivity contribution in [2.24, 2.45) is 5.73 Å². The molecule has 3 amide bonds. The van der Waals surface area contributed by atoms with Gasteiger partial charge in [-0.3, -0.25) is 0 Å². The van der Waals surface area contributed by atoms with Gasteiger partial charge in [0.15, 0.2) is 0 Å². The summed E-state index contributed by atoms with van der Waals surface area (Å²) in [6.07, 6.45) is 6.04. The van der Waals surface area contributed by atoms with Gasteiger partial charge in [0.25, 0.3) is 0 Å². The summed E-state index contributed by atoms with van der Waals surface area (Å²) in [6, 6.07) is 0.564. The molecule has 120 valence electrons. The fourth-order valence-corrected chi connectivity index (χ4v) is 3.23. The number of hydrogen-bond acceptors (Lipinski definition) is 3. The lowest BCUT2D eigenvalue weighted by molar-refractivity contribution is 0.182. The first kappa shape index (κ1) is 15.9. The maximum Gasteiger partial charge on any atom is 0.404 e. The molecule has 0 radical (unpaired) electrons. The van der Waals surface area contributed by atoms with E-state index >= 15 is 0 Å². The summed E-state index contributed by atoms with van der Waals surface area (Å²) in [6.45, 7) is 0. The van der Waals surface area contributed by atoms with Crippen molar-refractivity contribution in [3.05, 3.63) is 0 Å². The van der Waals surface area contributed by atoms with E-state index in [0.717, 1.165) is 51.4 Å². The third kappa shape index (κ3) is 5.41. The van der Waals surface area contributed by atoms with Gasteiger partial charge in [0.1, 0.15) is 0 Å². The number of carbonyl (C=O) groups excluding carboxylic acids is 1. The van der Waals surface area contributed by atoms with Crippen LogP contribution >= 0.6 is 0 Å². The number of rotatable bonds is 3. The highest BCUT2D eigenvalue weighted by Gasteiger charge is 2.25. The van der Waals surface area contributed by atoms with E-state index in [-0.39, 0.29) is 30.2 Å². The van der Waals surface area contributed by atoms with Crippen LogP contribution in [0, 0.1) is 0 Å². The number of nitrogens with two attached hydrogens (primary N) is 1. The van der Waals surface area contributed by atoms with Crippen LogP contribution in [-0.4, -0.2) is 41.4 Å². The minimum Gasteiger partial charge on any atom is -0.465 e. The van der Waals surface area contributed by atoms with Crippen LogP contribution in [0.4, 0.5) is 9.59 Å². The summed E-state index contributed by atoms with van der Waals surface area (Å²) in [5, 5.41) is 17.2. The SMILES string of the molecule is NC1CCC(NC(=O)NC2CCC(NC(=O)O)CC2)CC1. The maximum absolute atomic E-state index is 12.0. The van der Waals surface area contributed by atoms with Gasteiger partial charge in [-0.05, 0) is 51.4 Å². The zero-order valence-corrected chi connectivity index (χ0v) is 12.3. The minimum atomic E-state index is -0.973.